The zero-order valence-electron chi connectivity index (χ0n) is 32.0. The van der Waals surface area contributed by atoms with E-state index in [9.17, 15) is 0 Å². The number of furan rings is 1. The summed E-state index contributed by atoms with van der Waals surface area (Å²) < 4.78 is 12.7. The number of anilines is 3. The summed E-state index contributed by atoms with van der Waals surface area (Å²) in [5.41, 5.74) is 16.5. The Bertz CT molecular complexity index is 3240. The van der Waals surface area contributed by atoms with Crippen molar-refractivity contribution >= 4 is 50.1 Å². The van der Waals surface area contributed by atoms with E-state index in [1.54, 1.807) is 0 Å². The summed E-state index contributed by atoms with van der Waals surface area (Å²) in [5.74, 6) is 0.593. The Morgan fingerprint density at radius 1 is 0.322 bits per heavy atom. The summed E-state index contributed by atoms with van der Waals surface area (Å²) in [6.45, 7) is 0. The fraction of sp³-hybridized carbons (Fsp3) is 0. The second-order valence-electron chi connectivity index (χ2n) is 14.7. The molecule has 0 fully saturated rings. The third-order valence-corrected chi connectivity index (χ3v) is 11.1. The Balaban J connectivity index is 1.04. The lowest BCUT2D eigenvalue weighted by Crippen LogP contribution is -2.10. The molecule has 0 aliphatic carbocycles. The van der Waals surface area contributed by atoms with Crippen LogP contribution in [0.3, 0.4) is 0 Å². The normalized spacial score (nSPS) is 11.4. The molecule has 0 aliphatic rings. The molecule has 278 valence electrons. The van der Waals surface area contributed by atoms with Crippen LogP contribution in [0, 0.1) is 0 Å². The number of hydrogen-bond donors (Lipinski definition) is 0. The van der Waals surface area contributed by atoms with Crippen molar-refractivity contribution in [1.82, 2.24) is 4.98 Å². The molecule has 11 aromatic rings. The number of oxazole rings is 1. The maximum atomic E-state index is 6.41. The average Bonchev–Trinajstić information content (AvgIpc) is 3.92. The van der Waals surface area contributed by atoms with Crippen LogP contribution >= 0.6 is 0 Å². The molecule has 0 unspecified atom stereocenters. The van der Waals surface area contributed by atoms with Crippen LogP contribution in [0.15, 0.2) is 227 Å². The van der Waals surface area contributed by atoms with Gasteiger partial charge in [-0.25, -0.2) is 4.98 Å². The van der Waals surface area contributed by atoms with Gasteiger partial charge in [-0.1, -0.05) is 146 Å². The van der Waals surface area contributed by atoms with Gasteiger partial charge >= 0.3 is 0 Å². The lowest BCUT2D eigenvalue weighted by Gasteiger charge is -2.27. The fourth-order valence-corrected chi connectivity index (χ4v) is 8.24. The molecule has 0 spiro atoms. The number of benzene rings is 9. The van der Waals surface area contributed by atoms with E-state index >= 15 is 0 Å². The minimum Gasteiger partial charge on any atom is -0.456 e. The molecule has 0 saturated heterocycles. The topological polar surface area (TPSA) is 42.4 Å². The molecular formula is C55H36N2O2. The Hall–Kier alpha value is -7.95. The molecule has 4 heteroatoms. The quantitative estimate of drug-likeness (QED) is 0.155. The SMILES string of the molecule is c1ccc(-c2ccc(-c3cccc(N(c4ccccc4)c4ccc(-c5ccc6oc7ccc8oc(-c9ccccc9)nc8c7c6c5)c(-c5ccccc5)c4)c3)cc2)cc1. The van der Waals surface area contributed by atoms with E-state index in [2.05, 4.69) is 181 Å². The lowest BCUT2D eigenvalue weighted by molar-refractivity contribution is 0.619. The van der Waals surface area contributed by atoms with Crippen LogP contribution in [0.1, 0.15) is 0 Å². The Labute approximate surface area is 341 Å². The minimum absolute atomic E-state index is 0.593. The smallest absolute Gasteiger partial charge is 0.227 e. The number of hydrogen-bond acceptors (Lipinski definition) is 4. The number of rotatable bonds is 8. The van der Waals surface area contributed by atoms with Crippen LogP contribution in [-0.2, 0) is 0 Å². The van der Waals surface area contributed by atoms with Crippen LogP contribution in [0.4, 0.5) is 17.1 Å². The molecule has 11 rings (SSSR count). The average molecular weight is 757 g/mol. The summed E-state index contributed by atoms with van der Waals surface area (Å²) in [4.78, 5) is 7.34. The number of para-hydroxylation sites is 1. The Morgan fingerprint density at radius 2 is 0.864 bits per heavy atom. The summed E-state index contributed by atoms with van der Waals surface area (Å²) in [6, 6.07) is 76.6. The van der Waals surface area contributed by atoms with Crippen molar-refractivity contribution in [1.29, 1.82) is 0 Å². The summed E-state index contributed by atoms with van der Waals surface area (Å²) >= 11 is 0. The van der Waals surface area contributed by atoms with Gasteiger partial charge in [0.25, 0.3) is 0 Å². The van der Waals surface area contributed by atoms with E-state index in [1.165, 1.54) is 16.7 Å². The highest BCUT2D eigenvalue weighted by atomic mass is 16.4. The van der Waals surface area contributed by atoms with Crippen LogP contribution < -0.4 is 4.90 Å². The van der Waals surface area contributed by atoms with Gasteiger partial charge in [0.05, 0.1) is 5.39 Å². The molecule has 0 amide bonds. The lowest BCUT2D eigenvalue weighted by atomic mass is 9.92. The zero-order valence-corrected chi connectivity index (χ0v) is 32.0. The minimum atomic E-state index is 0.593. The van der Waals surface area contributed by atoms with Gasteiger partial charge < -0.3 is 13.7 Å². The maximum Gasteiger partial charge on any atom is 0.227 e. The van der Waals surface area contributed by atoms with Gasteiger partial charge in [0, 0.05) is 28.0 Å². The molecule has 2 aromatic heterocycles. The maximum absolute atomic E-state index is 6.41. The van der Waals surface area contributed by atoms with Gasteiger partial charge in [-0.3, -0.25) is 0 Å². The van der Waals surface area contributed by atoms with Crippen LogP contribution in [0.25, 0.3) is 89.0 Å². The Morgan fingerprint density at radius 3 is 1.59 bits per heavy atom. The van der Waals surface area contributed by atoms with Gasteiger partial charge in [0.15, 0.2) is 5.58 Å². The molecule has 0 aliphatic heterocycles. The van der Waals surface area contributed by atoms with Gasteiger partial charge in [0.2, 0.25) is 5.89 Å². The first-order valence-electron chi connectivity index (χ1n) is 19.9. The fourth-order valence-electron chi connectivity index (χ4n) is 8.24. The monoisotopic (exact) mass is 756 g/mol. The summed E-state index contributed by atoms with van der Waals surface area (Å²) in [5, 5.41) is 1.95. The van der Waals surface area contributed by atoms with E-state index in [-0.39, 0.29) is 0 Å². The van der Waals surface area contributed by atoms with Gasteiger partial charge in [-0.2, -0.15) is 0 Å². The number of fused-ring (bicyclic) bond motifs is 5. The third-order valence-electron chi connectivity index (χ3n) is 11.1. The molecule has 0 saturated carbocycles. The zero-order chi connectivity index (χ0) is 39.1. The van der Waals surface area contributed by atoms with Crippen LogP contribution in [-0.4, -0.2) is 4.98 Å². The third kappa shape index (κ3) is 6.34. The second-order valence-corrected chi connectivity index (χ2v) is 14.7. The van der Waals surface area contributed by atoms with E-state index in [0.29, 0.717) is 5.89 Å². The molecule has 59 heavy (non-hydrogen) atoms. The first kappa shape index (κ1) is 34.3. The molecule has 0 N–H and O–H groups in total. The Kier molecular flexibility index (Phi) is 8.45. The van der Waals surface area contributed by atoms with Crippen LogP contribution in [0.5, 0.6) is 0 Å². The van der Waals surface area contributed by atoms with Crippen molar-refractivity contribution in [3.63, 3.8) is 0 Å². The van der Waals surface area contributed by atoms with Crippen molar-refractivity contribution in [2.24, 2.45) is 0 Å². The predicted molar refractivity (Wildman–Crippen MR) is 243 cm³/mol. The van der Waals surface area contributed by atoms with Crippen molar-refractivity contribution < 1.29 is 8.83 Å². The van der Waals surface area contributed by atoms with E-state index < -0.39 is 0 Å². The van der Waals surface area contributed by atoms with Crippen molar-refractivity contribution in [2.75, 3.05) is 4.90 Å². The largest absolute Gasteiger partial charge is 0.456 e. The molecule has 2 heterocycles. The molecule has 0 radical (unpaired) electrons. The number of aromatic nitrogens is 1. The molecule has 9 aromatic carbocycles. The van der Waals surface area contributed by atoms with Crippen molar-refractivity contribution in [3.8, 4) is 56.0 Å². The predicted octanol–water partition coefficient (Wildman–Crippen LogP) is 15.5. The van der Waals surface area contributed by atoms with Gasteiger partial charge in [-0.05, 0) is 117 Å². The molecule has 4 nitrogen and oxygen atoms in total. The highest BCUT2D eigenvalue weighted by Crippen LogP contribution is 2.44. The van der Waals surface area contributed by atoms with Crippen molar-refractivity contribution in [3.05, 3.63) is 218 Å². The highest BCUT2D eigenvalue weighted by Gasteiger charge is 2.20. The second kappa shape index (κ2) is 14.5. The molecule has 0 atom stereocenters. The van der Waals surface area contributed by atoms with E-state index in [4.69, 9.17) is 13.8 Å². The number of nitrogens with zero attached hydrogens (tertiary/aromatic N) is 2. The van der Waals surface area contributed by atoms with Gasteiger partial charge in [0.1, 0.15) is 16.7 Å². The van der Waals surface area contributed by atoms with E-state index in [1.807, 2.05) is 42.5 Å². The molecular weight excluding hydrogens is 721 g/mol. The van der Waals surface area contributed by atoms with E-state index in [0.717, 1.165) is 83.5 Å². The summed E-state index contributed by atoms with van der Waals surface area (Å²) in [7, 11) is 0. The van der Waals surface area contributed by atoms with Gasteiger partial charge in [-0.15, -0.1) is 0 Å². The molecule has 0 bridgehead atoms. The summed E-state index contributed by atoms with van der Waals surface area (Å²) in [6.07, 6.45) is 0. The van der Waals surface area contributed by atoms with Crippen molar-refractivity contribution in [2.45, 2.75) is 0 Å². The first-order chi connectivity index (χ1) is 29.2. The van der Waals surface area contributed by atoms with Crippen LogP contribution in [0.2, 0.25) is 0 Å². The standard InChI is InChI=1S/C55H36N2O2/c1-5-14-37(15-6-1)38-24-26-39(27-25-38)42-20-13-23-45(34-42)57(44-21-11-4-12-22-44)46-29-30-47(48(36-46)40-16-7-2-8-17-40)43-28-31-50-49(35-43)53-51(58-50)32-33-52-54(53)56-55(59-52)41-18-9-3-10-19-41/h1-36H. The highest BCUT2D eigenvalue weighted by molar-refractivity contribution is 6.17. The first-order valence-corrected chi connectivity index (χ1v) is 19.9.